The van der Waals surface area contributed by atoms with E-state index in [-0.39, 0.29) is 18.6 Å². The first-order valence-corrected chi connectivity index (χ1v) is 8.58. The Bertz CT molecular complexity index is 661. The SMILES string of the molecule is Cn1ccnc1CN(CCO)C(=O)c1ccc([C@H]2CCCO2)s1. The number of aryl methyl sites for hydroxylation is 1. The number of aliphatic hydroxyl groups is 1. The first-order chi connectivity index (χ1) is 11.2. The fraction of sp³-hybridized carbons (Fsp3) is 0.500. The highest BCUT2D eigenvalue weighted by molar-refractivity contribution is 7.14. The monoisotopic (exact) mass is 335 g/mol. The zero-order valence-corrected chi connectivity index (χ0v) is 14.0. The van der Waals surface area contributed by atoms with Crippen molar-refractivity contribution in [2.75, 3.05) is 19.8 Å². The van der Waals surface area contributed by atoms with Crippen LogP contribution in [0.5, 0.6) is 0 Å². The number of aromatic nitrogens is 2. The second kappa shape index (κ2) is 7.25. The zero-order chi connectivity index (χ0) is 16.2. The number of thiophene rings is 1. The van der Waals surface area contributed by atoms with Gasteiger partial charge in [-0.25, -0.2) is 4.98 Å². The molecule has 0 unspecified atom stereocenters. The van der Waals surface area contributed by atoms with E-state index in [1.54, 1.807) is 11.1 Å². The molecule has 3 rings (SSSR count). The van der Waals surface area contributed by atoms with Crippen molar-refractivity contribution in [1.82, 2.24) is 14.5 Å². The van der Waals surface area contributed by atoms with Gasteiger partial charge in [0.05, 0.1) is 24.1 Å². The summed E-state index contributed by atoms with van der Waals surface area (Å²) in [7, 11) is 1.89. The molecule has 23 heavy (non-hydrogen) atoms. The molecule has 1 saturated heterocycles. The van der Waals surface area contributed by atoms with E-state index in [1.165, 1.54) is 11.3 Å². The molecule has 124 valence electrons. The van der Waals surface area contributed by atoms with Crippen LogP contribution in [0.3, 0.4) is 0 Å². The smallest absolute Gasteiger partial charge is 0.264 e. The highest BCUT2D eigenvalue weighted by Gasteiger charge is 2.23. The Morgan fingerprint density at radius 1 is 1.57 bits per heavy atom. The highest BCUT2D eigenvalue weighted by atomic mass is 32.1. The van der Waals surface area contributed by atoms with Crippen LogP contribution in [0, 0.1) is 0 Å². The molecule has 7 heteroatoms. The summed E-state index contributed by atoms with van der Waals surface area (Å²) >= 11 is 1.48. The van der Waals surface area contributed by atoms with Gasteiger partial charge in [0.1, 0.15) is 5.82 Å². The Labute approximate surface area is 139 Å². The number of amides is 1. The molecular formula is C16H21N3O3S. The number of aliphatic hydroxyl groups excluding tert-OH is 1. The van der Waals surface area contributed by atoms with Crippen molar-refractivity contribution in [2.45, 2.75) is 25.5 Å². The molecule has 1 amide bonds. The minimum atomic E-state index is -0.0729. The van der Waals surface area contributed by atoms with E-state index >= 15 is 0 Å². The maximum atomic E-state index is 12.7. The molecule has 2 aromatic rings. The van der Waals surface area contributed by atoms with Crippen molar-refractivity contribution in [2.24, 2.45) is 7.05 Å². The van der Waals surface area contributed by atoms with Gasteiger partial charge in [-0.3, -0.25) is 4.79 Å². The fourth-order valence-electron chi connectivity index (χ4n) is 2.69. The lowest BCUT2D eigenvalue weighted by Gasteiger charge is -2.20. The van der Waals surface area contributed by atoms with E-state index in [0.717, 1.165) is 30.2 Å². The first kappa shape index (κ1) is 16.2. The molecule has 1 aliphatic rings. The van der Waals surface area contributed by atoms with Crippen molar-refractivity contribution in [3.63, 3.8) is 0 Å². The highest BCUT2D eigenvalue weighted by Crippen LogP contribution is 2.33. The van der Waals surface area contributed by atoms with Crippen LogP contribution in [-0.2, 0) is 18.3 Å². The normalized spacial score (nSPS) is 17.6. The van der Waals surface area contributed by atoms with Gasteiger partial charge in [0.15, 0.2) is 0 Å². The molecule has 1 atom stereocenters. The molecule has 0 saturated carbocycles. The standard InChI is InChI=1S/C16H21N3O3S/c1-18-7-6-17-15(18)11-19(8-9-20)16(21)14-5-4-13(23-14)12-3-2-10-22-12/h4-7,12,20H,2-3,8-11H2,1H3/t12-/m1/s1. The molecule has 2 aromatic heterocycles. The van der Waals surface area contributed by atoms with Gasteiger partial charge in [-0.05, 0) is 25.0 Å². The summed E-state index contributed by atoms with van der Waals surface area (Å²) in [6, 6.07) is 3.83. The van der Waals surface area contributed by atoms with Gasteiger partial charge in [0.25, 0.3) is 5.91 Å². The van der Waals surface area contributed by atoms with Gasteiger partial charge in [0, 0.05) is 37.5 Å². The lowest BCUT2D eigenvalue weighted by atomic mass is 10.2. The van der Waals surface area contributed by atoms with E-state index in [1.807, 2.05) is 29.9 Å². The minimum absolute atomic E-state index is 0.0693. The Morgan fingerprint density at radius 3 is 3.09 bits per heavy atom. The number of nitrogens with zero attached hydrogens (tertiary/aromatic N) is 3. The van der Waals surface area contributed by atoms with Crippen LogP contribution in [0.4, 0.5) is 0 Å². The summed E-state index contributed by atoms with van der Waals surface area (Å²) in [5.74, 6) is 0.721. The average Bonchev–Trinajstić information content (AvgIpc) is 3.28. The summed E-state index contributed by atoms with van der Waals surface area (Å²) < 4.78 is 7.55. The average molecular weight is 335 g/mol. The number of hydrogen-bond donors (Lipinski definition) is 1. The number of rotatable bonds is 6. The molecule has 0 aromatic carbocycles. The summed E-state index contributed by atoms with van der Waals surface area (Å²) in [5.41, 5.74) is 0. The molecule has 1 N–H and O–H groups in total. The Morgan fingerprint density at radius 2 is 2.43 bits per heavy atom. The predicted octanol–water partition coefficient (Wildman–Crippen LogP) is 1.97. The molecule has 1 aliphatic heterocycles. The van der Waals surface area contributed by atoms with Gasteiger partial charge in [-0.2, -0.15) is 0 Å². The van der Waals surface area contributed by atoms with Crippen LogP contribution in [0.2, 0.25) is 0 Å². The summed E-state index contributed by atoms with van der Waals surface area (Å²) in [4.78, 5) is 20.4. The Kier molecular flexibility index (Phi) is 5.09. The lowest BCUT2D eigenvalue weighted by Crippen LogP contribution is -2.33. The van der Waals surface area contributed by atoms with Crippen molar-refractivity contribution in [3.05, 3.63) is 40.1 Å². The van der Waals surface area contributed by atoms with Gasteiger partial charge in [-0.15, -0.1) is 11.3 Å². The minimum Gasteiger partial charge on any atom is -0.395 e. The number of carbonyl (C=O) groups excluding carboxylic acids is 1. The molecule has 0 bridgehead atoms. The summed E-state index contributed by atoms with van der Waals surface area (Å²) in [6.45, 7) is 1.40. The van der Waals surface area contributed by atoms with Crippen LogP contribution < -0.4 is 0 Å². The van der Waals surface area contributed by atoms with Crippen LogP contribution in [0.25, 0.3) is 0 Å². The third kappa shape index (κ3) is 3.63. The van der Waals surface area contributed by atoms with Crippen LogP contribution in [0.15, 0.2) is 24.5 Å². The topological polar surface area (TPSA) is 67.6 Å². The van der Waals surface area contributed by atoms with E-state index in [4.69, 9.17) is 4.74 Å². The fourth-order valence-corrected chi connectivity index (χ4v) is 3.75. The predicted molar refractivity (Wildman–Crippen MR) is 87.3 cm³/mol. The molecule has 0 spiro atoms. The van der Waals surface area contributed by atoms with Crippen LogP contribution >= 0.6 is 11.3 Å². The maximum Gasteiger partial charge on any atom is 0.264 e. The molecule has 6 nitrogen and oxygen atoms in total. The third-order valence-electron chi connectivity index (χ3n) is 3.99. The number of ether oxygens (including phenoxy) is 1. The van der Waals surface area contributed by atoms with Gasteiger partial charge < -0.3 is 19.3 Å². The zero-order valence-electron chi connectivity index (χ0n) is 13.1. The largest absolute Gasteiger partial charge is 0.395 e. The van der Waals surface area contributed by atoms with Gasteiger partial charge in [-0.1, -0.05) is 0 Å². The molecule has 3 heterocycles. The number of carbonyl (C=O) groups is 1. The van der Waals surface area contributed by atoms with Crippen LogP contribution in [-0.4, -0.2) is 45.2 Å². The first-order valence-electron chi connectivity index (χ1n) is 7.76. The van der Waals surface area contributed by atoms with E-state index < -0.39 is 0 Å². The Hall–Kier alpha value is -1.70. The number of imidazole rings is 1. The molecule has 0 radical (unpaired) electrons. The number of hydrogen-bond acceptors (Lipinski definition) is 5. The van der Waals surface area contributed by atoms with Crippen LogP contribution in [0.1, 0.15) is 39.3 Å². The molecule has 0 aliphatic carbocycles. The van der Waals surface area contributed by atoms with Crippen molar-refractivity contribution >= 4 is 17.2 Å². The van der Waals surface area contributed by atoms with Crippen molar-refractivity contribution in [1.29, 1.82) is 0 Å². The molecule has 1 fully saturated rings. The van der Waals surface area contributed by atoms with E-state index in [2.05, 4.69) is 4.98 Å². The summed E-state index contributed by atoms with van der Waals surface area (Å²) in [6.07, 6.45) is 5.76. The quantitative estimate of drug-likeness (QED) is 0.876. The van der Waals surface area contributed by atoms with Crippen molar-refractivity contribution < 1.29 is 14.6 Å². The van der Waals surface area contributed by atoms with E-state index in [9.17, 15) is 9.90 Å². The van der Waals surface area contributed by atoms with E-state index in [0.29, 0.717) is 18.0 Å². The van der Waals surface area contributed by atoms with Gasteiger partial charge in [0.2, 0.25) is 0 Å². The lowest BCUT2D eigenvalue weighted by molar-refractivity contribution is 0.0706. The maximum absolute atomic E-state index is 12.7. The second-order valence-electron chi connectivity index (χ2n) is 5.61. The Balaban J connectivity index is 1.74. The third-order valence-corrected chi connectivity index (χ3v) is 5.16. The van der Waals surface area contributed by atoms with Gasteiger partial charge >= 0.3 is 0 Å². The molecular weight excluding hydrogens is 314 g/mol. The summed E-state index contributed by atoms with van der Waals surface area (Å²) in [5, 5.41) is 9.27. The van der Waals surface area contributed by atoms with Crippen molar-refractivity contribution in [3.8, 4) is 0 Å². The second-order valence-corrected chi connectivity index (χ2v) is 6.72.